The molecule has 0 aliphatic rings. The minimum Gasteiger partial charge on any atom is -0.361 e. The second kappa shape index (κ2) is 12.9. The second-order valence-electron chi connectivity index (χ2n) is 6.57. The van der Waals surface area contributed by atoms with Gasteiger partial charge in [-0.2, -0.15) is 0 Å². The third kappa shape index (κ3) is 7.88. The van der Waals surface area contributed by atoms with Gasteiger partial charge in [-0.1, -0.05) is 43.3 Å². The van der Waals surface area contributed by atoms with Gasteiger partial charge in [-0.25, -0.2) is 18.1 Å². The first-order valence-electron chi connectivity index (χ1n) is 9.89. The number of aliphatic imine (C=N–C) groups is 1. The number of aryl methyl sites for hydroxylation is 2. The van der Waals surface area contributed by atoms with Gasteiger partial charge in [-0.15, -0.1) is 24.0 Å². The molecule has 0 aliphatic carbocycles. The molecule has 0 bridgehead atoms. The van der Waals surface area contributed by atoms with E-state index in [2.05, 4.69) is 32.4 Å². The van der Waals surface area contributed by atoms with Crippen LogP contribution in [0.5, 0.6) is 0 Å². The summed E-state index contributed by atoms with van der Waals surface area (Å²) in [6.07, 6.45) is 1.61. The van der Waals surface area contributed by atoms with Crippen molar-refractivity contribution in [3.8, 4) is 0 Å². The molecule has 3 N–H and O–H groups in total. The van der Waals surface area contributed by atoms with Crippen molar-refractivity contribution in [1.82, 2.24) is 20.5 Å². The van der Waals surface area contributed by atoms with E-state index in [9.17, 15) is 8.42 Å². The van der Waals surface area contributed by atoms with Crippen molar-refractivity contribution < 1.29 is 12.9 Å². The number of hydrogen-bond donors (Lipinski definition) is 3. The van der Waals surface area contributed by atoms with E-state index in [1.54, 1.807) is 6.07 Å². The Hall–Kier alpha value is -1.66. The van der Waals surface area contributed by atoms with Gasteiger partial charge in [0, 0.05) is 25.1 Å². The quantitative estimate of drug-likeness (QED) is 0.239. The molecule has 0 spiro atoms. The van der Waals surface area contributed by atoms with Gasteiger partial charge >= 0.3 is 0 Å². The molecule has 0 aliphatic heterocycles. The fourth-order valence-electron chi connectivity index (χ4n) is 2.93. The SMILES string of the molecule is CCNC(=NCc1cccc(CS(=O)(=O)NC)c1)NCc1c(CC)noc1CC.I. The first-order valence-corrected chi connectivity index (χ1v) is 11.5. The van der Waals surface area contributed by atoms with Gasteiger partial charge in [0.1, 0.15) is 5.76 Å². The Labute approximate surface area is 196 Å². The maximum Gasteiger partial charge on any atom is 0.215 e. The van der Waals surface area contributed by atoms with Crippen LogP contribution in [-0.4, -0.2) is 33.1 Å². The summed E-state index contributed by atoms with van der Waals surface area (Å²) in [5.41, 5.74) is 3.72. The van der Waals surface area contributed by atoms with Crippen LogP contribution in [0.3, 0.4) is 0 Å². The molecular formula is C20H32IN5O3S. The van der Waals surface area contributed by atoms with Crippen LogP contribution >= 0.6 is 24.0 Å². The van der Waals surface area contributed by atoms with E-state index in [1.807, 2.05) is 32.0 Å². The van der Waals surface area contributed by atoms with Gasteiger partial charge < -0.3 is 15.2 Å². The Morgan fingerprint density at radius 3 is 2.50 bits per heavy atom. The molecule has 0 amide bonds. The lowest BCUT2D eigenvalue weighted by Gasteiger charge is -2.12. The summed E-state index contributed by atoms with van der Waals surface area (Å²) in [5.74, 6) is 1.53. The number of hydrogen-bond acceptors (Lipinski definition) is 5. The van der Waals surface area contributed by atoms with Crippen LogP contribution in [0, 0.1) is 0 Å². The lowest BCUT2D eigenvalue weighted by Crippen LogP contribution is -2.37. The minimum absolute atomic E-state index is 0. The van der Waals surface area contributed by atoms with E-state index < -0.39 is 10.0 Å². The zero-order valence-corrected chi connectivity index (χ0v) is 21.1. The zero-order valence-electron chi connectivity index (χ0n) is 18.0. The topological polar surface area (TPSA) is 109 Å². The monoisotopic (exact) mass is 549 g/mol. The van der Waals surface area contributed by atoms with Gasteiger partial charge in [-0.3, -0.25) is 0 Å². The summed E-state index contributed by atoms with van der Waals surface area (Å²) in [5, 5.41) is 10.7. The van der Waals surface area contributed by atoms with Gasteiger partial charge in [0.05, 0.1) is 18.0 Å². The van der Waals surface area contributed by atoms with Crippen molar-refractivity contribution in [3.05, 3.63) is 52.4 Å². The third-order valence-electron chi connectivity index (χ3n) is 4.46. The Kier molecular flexibility index (Phi) is 11.3. The lowest BCUT2D eigenvalue weighted by atomic mass is 10.1. The van der Waals surface area contributed by atoms with Crippen LogP contribution in [0.4, 0.5) is 0 Å². The Bertz CT molecular complexity index is 907. The Morgan fingerprint density at radius 2 is 1.87 bits per heavy atom. The molecule has 1 aromatic carbocycles. The van der Waals surface area contributed by atoms with E-state index in [-0.39, 0.29) is 29.7 Å². The fraction of sp³-hybridized carbons (Fsp3) is 0.500. The molecule has 0 radical (unpaired) electrons. The normalized spacial score (nSPS) is 11.8. The predicted molar refractivity (Wildman–Crippen MR) is 130 cm³/mol. The molecule has 0 saturated heterocycles. The number of benzene rings is 1. The Balaban J connectivity index is 0.00000450. The number of rotatable bonds is 10. The van der Waals surface area contributed by atoms with Crippen LogP contribution in [0.1, 0.15) is 48.9 Å². The van der Waals surface area contributed by atoms with Crippen molar-refractivity contribution >= 4 is 40.0 Å². The molecule has 30 heavy (non-hydrogen) atoms. The molecule has 1 aromatic heterocycles. The average Bonchev–Trinajstić information content (AvgIpc) is 3.12. The molecule has 168 valence electrons. The first-order chi connectivity index (χ1) is 13.9. The number of nitrogens with zero attached hydrogens (tertiary/aromatic N) is 2. The van der Waals surface area contributed by atoms with Gasteiger partial charge in [0.15, 0.2) is 5.96 Å². The maximum absolute atomic E-state index is 11.8. The molecule has 2 rings (SSSR count). The first kappa shape index (κ1) is 26.4. The zero-order chi connectivity index (χ0) is 21.3. The highest BCUT2D eigenvalue weighted by Crippen LogP contribution is 2.15. The molecule has 2 aromatic rings. The summed E-state index contributed by atoms with van der Waals surface area (Å²) in [6.45, 7) is 7.87. The maximum atomic E-state index is 11.8. The van der Waals surface area contributed by atoms with Crippen LogP contribution in [0.25, 0.3) is 0 Å². The van der Waals surface area contributed by atoms with Gasteiger partial charge in [0.25, 0.3) is 0 Å². The van der Waals surface area contributed by atoms with Crippen molar-refractivity contribution in [1.29, 1.82) is 0 Å². The summed E-state index contributed by atoms with van der Waals surface area (Å²) < 4.78 is 31.3. The van der Waals surface area contributed by atoms with Crippen molar-refractivity contribution in [3.63, 3.8) is 0 Å². The van der Waals surface area contributed by atoms with Crippen molar-refractivity contribution in [2.45, 2.75) is 52.5 Å². The van der Waals surface area contributed by atoms with Crippen LogP contribution in [-0.2, 0) is 41.7 Å². The van der Waals surface area contributed by atoms with Crippen LogP contribution < -0.4 is 15.4 Å². The van der Waals surface area contributed by atoms with E-state index in [0.29, 0.717) is 19.0 Å². The molecule has 0 atom stereocenters. The lowest BCUT2D eigenvalue weighted by molar-refractivity contribution is 0.380. The summed E-state index contributed by atoms with van der Waals surface area (Å²) in [7, 11) is -1.88. The average molecular weight is 549 g/mol. The standard InChI is InChI=1S/C20H31N5O3S.HI/c1-5-18-17(19(6-2)28-25-18)13-24-20(22-7-3)23-12-15-9-8-10-16(11-15)14-29(26,27)21-4;/h8-11,21H,5-7,12-14H2,1-4H3,(H2,22,23,24);1H. The second-order valence-corrected chi connectivity index (χ2v) is 8.50. The minimum atomic E-state index is -3.30. The third-order valence-corrected chi connectivity index (χ3v) is 5.80. The molecular weight excluding hydrogens is 517 g/mol. The smallest absolute Gasteiger partial charge is 0.215 e. The van der Waals surface area contributed by atoms with E-state index >= 15 is 0 Å². The molecule has 1 heterocycles. The molecule has 0 saturated carbocycles. The van der Waals surface area contributed by atoms with Gasteiger partial charge in [-0.05, 0) is 31.5 Å². The highest BCUT2D eigenvalue weighted by atomic mass is 127. The number of aromatic nitrogens is 1. The van der Waals surface area contributed by atoms with E-state index in [4.69, 9.17) is 4.52 Å². The highest BCUT2D eigenvalue weighted by molar-refractivity contribution is 14.0. The summed E-state index contributed by atoms with van der Waals surface area (Å²) >= 11 is 0. The number of nitrogens with one attached hydrogen (secondary N) is 3. The predicted octanol–water partition coefficient (Wildman–Crippen LogP) is 2.72. The molecule has 0 fully saturated rings. The summed E-state index contributed by atoms with van der Waals surface area (Å²) in [4.78, 5) is 4.63. The van der Waals surface area contributed by atoms with E-state index in [1.165, 1.54) is 7.05 Å². The number of halogens is 1. The number of guanidine groups is 1. The molecule has 0 unspecified atom stereocenters. The fourth-order valence-corrected chi connectivity index (χ4v) is 3.69. The van der Waals surface area contributed by atoms with Crippen LogP contribution in [0.15, 0.2) is 33.8 Å². The van der Waals surface area contributed by atoms with E-state index in [0.717, 1.165) is 47.5 Å². The number of sulfonamides is 1. The van der Waals surface area contributed by atoms with Crippen LogP contribution in [0.2, 0.25) is 0 Å². The largest absolute Gasteiger partial charge is 0.361 e. The summed E-state index contributed by atoms with van der Waals surface area (Å²) in [6, 6.07) is 7.46. The van der Waals surface area contributed by atoms with Gasteiger partial charge in [0.2, 0.25) is 10.0 Å². The van der Waals surface area contributed by atoms with Crippen molar-refractivity contribution in [2.24, 2.45) is 4.99 Å². The Morgan fingerprint density at radius 1 is 1.13 bits per heavy atom. The molecule has 10 heteroatoms. The molecule has 8 nitrogen and oxygen atoms in total. The van der Waals surface area contributed by atoms with Crippen molar-refractivity contribution in [2.75, 3.05) is 13.6 Å². The highest BCUT2D eigenvalue weighted by Gasteiger charge is 2.13.